The summed E-state index contributed by atoms with van der Waals surface area (Å²) in [5.41, 5.74) is 0. The number of hydrogen-bond acceptors (Lipinski definition) is 2. The number of carbonyl (C=O) groups is 1. The van der Waals surface area contributed by atoms with E-state index < -0.39 is 12.0 Å². The molecule has 0 spiro atoms. The Balaban J connectivity index is 0. The van der Waals surface area contributed by atoms with Gasteiger partial charge < -0.3 is 14.7 Å². The molecule has 0 aromatic rings. The number of carbonyl (C=O) groups excluding carboxylic acids is 1. The molecule has 10 heavy (non-hydrogen) atoms. The number of hydrogen-bond donors (Lipinski definition) is 0. The van der Waals surface area contributed by atoms with Gasteiger partial charge in [-0.3, -0.25) is 0 Å². The quantitative estimate of drug-likeness (QED) is 0.305. The Labute approximate surface area is 82.5 Å². The summed E-state index contributed by atoms with van der Waals surface area (Å²) in [6, 6.07) is -0.981. The Kier molecular flexibility index (Phi) is 7.22. The van der Waals surface area contributed by atoms with Crippen LogP contribution in [0.15, 0.2) is 0 Å². The summed E-state index contributed by atoms with van der Waals surface area (Å²) in [5, 5.41) is 10.0. The Morgan fingerprint density at radius 2 is 2.00 bits per heavy atom. The molecule has 0 aliphatic heterocycles. The van der Waals surface area contributed by atoms with Gasteiger partial charge in [0.2, 0.25) is 0 Å². The molecule has 1 unspecified atom stereocenters. The average molecular weight is 149 g/mol. The summed E-state index contributed by atoms with van der Waals surface area (Å²) in [5.74, 6) is -1.44. The number of carboxylic acid groups (broad SMARTS) is 1. The van der Waals surface area contributed by atoms with Crippen LogP contribution in [0.2, 0.25) is 0 Å². The van der Waals surface area contributed by atoms with E-state index in [0.717, 1.165) is 0 Å². The monoisotopic (exact) mass is 149 g/mol. The molecular formula is C6H8NNaO2. The van der Waals surface area contributed by atoms with Crippen LogP contribution >= 0.6 is 0 Å². The molecule has 50 valence electrons. The summed E-state index contributed by atoms with van der Waals surface area (Å²) in [4.78, 5) is 12.9. The molecule has 0 N–H and O–H groups in total. The molecule has 0 fully saturated rings. The van der Waals surface area contributed by atoms with Gasteiger partial charge in [-0.1, -0.05) is 13.8 Å². The summed E-state index contributed by atoms with van der Waals surface area (Å²) >= 11 is 0. The van der Waals surface area contributed by atoms with Gasteiger partial charge in [0.15, 0.2) is 0 Å². The van der Waals surface area contributed by atoms with Gasteiger partial charge in [0.25, 0.3) is 6.04 Å². The van der Waals surface area contributed by atoms with Crippen LogP contribution in [-0.2, 0) is 4.79 Å². The Morgan fingerprint density at radius 3 is 2.00 bits per heavy atom. The summed E-state index contributed by atoms with van der Waals surface area (Å²) in [6.45, 7) is 9.78. The van der Waals surface area contributed by atoms with Crippen LogP contribution in [0.25, 0.3) is 4.85 Å². The van der Waals surface area contributed by atoms with Crippen molar-refractivity contribution in [2.75, 3.05) is 0 Å². The fraction of sp³-hybridized carbons (Fsp3) is 0.667. The van der Waals surface area contributed by atoms with E-state index in [2.05, 4.69) is 4.85 Å². The van der Waals surface area contributed by atoms with Crippen LogP contribution in [0.1, 0.15) is 13.8 Å². The molecule has 0 aliphatic carbocycles. The Morgan fingerprint density at radius 1 is 1.60 bits per heavy atom. The maximum atomic E-state index is 10.0. The van der Waals surface area contributed by atoms with Crippen molar-refractivity contribution in [2.24, 2.45) is 5.92 Å². The van der Waals surface area contributed by atoms with Crippen LogP contribution in [-0.4, -0.2) is 12.0 Å². The zero-order chi connectivity index (χ0) is 7.44. The van der Waals surface area contributed by atoms with E-state index in [1.807, 2.05) is 0 Å². The fourth-order valence-electron chi connectivity index (χ4n) is 0.474. The van der Waals surface area contributed by atoms with Crippen LogP contribution in [0.5, 0.6) is 0 Å². The van der Waals surface area contributed by atoms with Crippen molar-refractivity contribution in [3.05, 3.63) is 11.4 Å². The van der Waals surface area contributed by atoms with Gasteiger partial charge in [-0.2, -0.15) is 0 Å². The second kappa shape index (κ2) is 5.72. The van der Waals surface area contributed by atoms with Crippen molar-refractivity contribution in [3.63, 3.8) is 0 Å². The van der Waals surface area contributed by atoms with E-state index in [0.29, 0.717) is 0 Å². The van der Waals surface area contributed by atoms with Crippen LogP contribution < -0.4 is 34.7 Å². The van der Waals surface area contributed by atoms with Gasteiger partial charge >= 0.3 is 29.6 Å². The minimum Gasteiger partial charge on any atom is -0.543 e. The summed E-state index contributed by atoms with van der Waals surface area (Å²) in [6.07, 6.45) is 0. The smallest absolute Gasteiger partial charge is 0.543 e. The first-order valence-electron chi connectivity index (χ1n) is 2.67. The van der Waals surface area contributed by atoms with Crippen molar-refractivity contribution < 1.29 is 39.5 Å². The van der Waals surface area contributed by atoms with Crippen molar-refractivity contribution in [3.8, 4) is 0 Å². The first-order chi connectivity index (χ1) is 4.09. The van der Waals surface area contributed by atoms with E-state index in [4.69, 9.17) is 6.57 Å². The molecule has 1 atom stereocenters. The topological polar surface area (TPSA) is 44.5 Å². The van der Waals surface area contributed by atoms with Gasteiger partial charge in [0, 0.05) is 5.92 Å². The van der Waals surface area contributed by atoms with E-state index in [1.165, 1.54) is 0 Å². The van der Waals surface area contributed by atoms with Gasteiger partial charge in [0.1, 0.15) is 5.97 Å². The van der Waals surface area contributed by atoms with Gasteiger partial charge in [0.05, 0.1) is 0 Å². The summed E-state index contributed by atoms with van der Waals surface area (Å²) < 4.78 is 0. The third-order valence-electron chi connectivity index (χ3n) is 1.01. The SMILES string of the molecule is [C-]#[N+]C(C(=O)[O-])C(C)C.[Na+]. The van der Waals surface area contributed by atoms with Gasteiger partial charge in [-0.25, -0.2) is 6.57 Å². The molecule has 0 aromatic carbocycles. The van der Waals surface area contributed by atoms with Crippen LogP contribution in [0, 0.1) is 12.5 Å². The first kappa shape index (κ1) is 12.6. The van der Waals surface area contributed by atoms with E-state index in [9.17, 15) is 9.90 Å². The largest absolute Gasteiger partial charge is 1.00 e. The van der Waals surface area contributed by atoms with Crippen LogP contribution in [0.4, 0.5) is 0 Å². The zero-order valence-electron chi connectivity index (χ0n) is 6.42. The Hall–Kier alpha value is -0.0400. The van der Waals surface area contributed by atoms with E-state index in [-0.39, 0.29) is 35.5 Å². The zero-order valence-corrected chi connectivity index (χ0v) is 8.42. The maximum absolute atomic E-state index is 10.0. The average Bonchev–Trinajstić information content (AvgIpc) is 1.64. The Bertz CT molecular complexity index is 150. The standard InChI is InChI=1S/C6H9NO2.Na/c1-4(2)5(7-3)6(8)9;/h4-5H,1-2H3,(H,8,9);/q;+1/p-1. The number of nitrogens with zero attached hydrogens (tertiary/aromatic N) is 1. The predicted molar refractivity (Wildman–Crippen MR) is 30.2 cm³/mol. The normalized spacial score (nSPS) is 11.4. The molecule has 0 saturated heterocycles. The maximum Gasteiger partial charge on any atom is 1.00 e. The van der Waals surface area contributed by atoms with Crippen molar-refractivity contribution in [2.45, 2.75) is 19.9 Å². The van der Waals surface area contributed by atoms with Gasteiger partial charge in [-0.05, 0) is 0 Å². The van der Waals surface area contributed by atoms with Crippen LogP contribution in [0.3, 0.4) is 0 Å². The number of rotatable bonds is 2. The second-order valence-electron chi connectivity index (χ2n) is 2.14. The molecule has 4 heteroatoms. The minimum absolute atomic E-state index is 0. The summed E-state index contributed by atoms with van der Waals surface area (Å²) in [7, 11) is 0. The molecule has 0 rings (SSSR count). The van der Waals surface area contributed by atoms with E-state index >= 15 is 0 Å². The molecule has 0 aliphatic rings. The number of aliphatic carboxylic acids is 1. The van der Waals surface area contributed by atoms with Gasteiger partial charge in [-0.15, -0.1) is 0 Å². The molecule has 0 heterocycles. The molecule has 0 aromatic heterocycles. The molecule has 3 nitrogen and oxygen atoms in total. The van der Waals surface area contributed by atoms with Crippen molar-refractivity contribution >= 4 is 5.97 Å². The minimum atomic E-state index is -1.28. The number of carboxylic acids is 1. The molecule has 0 saturated carbocycles. The molecular weight excluding hydrogens is 141 g/mol. The van der Waals surface area contributed by atoms with Crippen molar-refractivity contribution in [1.29, 1.82) is 0 Å². The first-order valence-corrected chi connectivity index (χ1v) is 2.67. The third kappa shape index (κ3) is 3.89. The van der Waals surface area contributed by atoms with Crippen molar-refractivity contribution in [1.82, 2.24) is 0 Å². The van der Waals surface area contributed by atoms with E-state index in [1.54, 1.807) is 13.8 Å². The molecule has 0 radical (unpaired) electrons. The fourth-order valence-corrected chi connectivity index (χ4v) is 0.474. The molecule has 0 amide bonds. The second-order valence-corrected chi connectivity index (χ2v) is 2.14. The molecule has 0 bridgehead atoms. The predicted octanol–water partition coefficient (Wildman–Crippen LogP) is -3.32. The third-order valence-corrected chi connectivity index (χ3v) is 1.01.